The van der Waals surface area contributed by atoms with Gasteiger partial charge in [-0.1, -0.05) is 24.3 Å². The highest BCUT2D eigenvalue weighted by molar-refractivity contribution is 14.0. The van der Waals surface area contributed by atoms with Crippen LogP contribution in [-0.2, 0) is 24.4 Å². The van der Waals surface area contributed by atoms with Gasteiger partial charge in [0, 0.05) is 45.3 Å². The van der Waals surface area contributed by atoms with Gasteiger partial charge in [0.25, 0.3) is 0 Å². The minimum atomic E-state index is -0.345. The lowest BCUT2D eigenvalue weighted by Crippen LogP contribution is -2.37. The summed E-state index contributed by atoms with van der Waals surface area (Å²) >= 11 is 0. The lowest BCUT2D eigenvalue weighted by Gasteiger charge is -2.27. The van der Waals surface area contributed by atoms with Gasteiger partial charge in [0.1, 0.15) is 5.82 Å². The molecule has 1 saturated heterocycles. The molecular weight excluding hydrogens is 496 g/mol. The van der Waals surface area contributed by atoms with Crippen molar-refractivity contribution < 1.29 is 9.13 Å². The Labute approximate surface area is 194 Å². The number of halogens is 2. The molecule has 0 unspecified atom stereocenters. The zero-order valence-electron chi connectivity index (χ0n) is 17.0. The van der Waals surface area contributed by atoms with E-state index < -0.39 is 0 Å². The van der Waals surface area contributed by atoms with Gasteiger partial charge in [0.05, 0.1) is 24.8 Å². The SMILES string of the molecule is CN=C(NCc1cc(C#N)ccc1F)NCc1ccccc1CN1CCOCC1.I. The van der Waals surface area contributed by atoms with E-state index in [4.69, 9.17) is 10.00 Å². The Hall–Kier alpha value is -2.22. The van der Waals surface area contributed by atoms with Gasteiger partial charge in [-0.15, -0.1) is 24.0 Å². The lowest BCUT2D eigenvalue weighted by atomic mass is 10.1. The topological polar surface area (TPSA) is 72.7 Å². The Kier molecular flexibility index (Phi) is 10.00. The molecule has 0 atom stereocenters. The Morgan fingerprint density at radius 1 is 1.10 bits per heavy atom. The minimum absolute atomic E-state index is 0. The standard InChI is InChI=1S/C22H26FN5O.HI/c1-25-22(27-15-20-12-17(13-24)6-7-21(20)23)26-14-18-4-2-3-5-19(18)16-28-8-10-29-11-9-28;/h2-7,12H,8-11,14-16H2,1H3,(H2,25,26,27);1H. The maximum atomic E-state index is 14.0. The van der Waals surface area contributed by atoms with Crippen molar-refractivity contribution in [1.29, 1.82) is 5.26 Å². The first-order valence-electron chi connectivity index (χ1n) is 9.69. The van der Waals surface area contributed by atoms with E-state index in [-0.39, 0.29) is 36.3 Å². The number of aliphatic imine (C=N–C) groups is 1. The molecule has 8 heteroatoms. The fraction of sp³-hybridized carbons (Fsp3) is 0.364. The average molecular weight is 523 g/mol. The molecule has 3 rings (SSSR count). The predicted molar refractivity (Wildman–Crippen MR) is 126 cm³/mol. The quantitative estimate of drug-likeness (QED) is 0.346. The van der Waals surface area contributed by atoms with Crippen LogP contribution >= 0.6 is 24.0 Å². The molecule has 2 N–H and O–H groups in total. The normalized spacial score (nSPS) is 14.5. The van der Waals surface area contributed by atoms with E-state index >= 15 is 0 Å². The van der Waals surface area contributed by atoms with E-state index in [1.165, 1.54) is 23.3 Å². The largest absolute Gasteiger partial charge is 0.379 e. The summed E-state index contributed by atoms with van der Waals surface area (Å²) < 4.78 is 19.4. The summed E-state index contributed by atoms with van der Waals surface area (Å²) in [6.07, 6.45) is 0. The molecule has 0 radical (unpaired) electrons. The van der Waals surface area contributed by atoms with Crippen LogP contribution in [0.5, 0.6) is 0 Å². The van der Waals surface area contributed by atoms with E-state index in [2.05, 4.69) is 38.7 Å². The van der Waals surface area contributed by atoms with E-state index in [0.29, 0.717) is 23.6 Å². The van der Waals surface area contributed by atoms with Crippen molar-refractivity contribution in [2.24, 2.45) is 4.99 Å². The number of morpholine rings is 1. The Morgan fingerprint density at radius 3 is 2.43 bits per heavy atom. The van der Waals surface area contributed by atoms with Crippen LogP contribution < -0.4 is 10.6 Å². The van der Waals surface area contributed by atoms with Crippen molar-refractivity contribution >= 4 is 29.9 Å². The number of rotatable bonds is 6. The van der Waals surface area contributed by atoms with Gasteiger partial charge in [0.2, 0.25) is 0 Å². The molecule has 2 aromatic carbocycles. The highest BCUT2D eigenvalue weighted by Gasteiger charge is 2.13. The second-order valence-corrected chi connectivity index (χ2v) is 6.85. The molecule has 0 spiro atoms. The van der Waals surface area contributed by atoms with Gasteiger partial charge in [0.15, 0.2) is 5.96 Å². The molecule has 1 fully saturated rings. The maximum absolute atomic E-state index is 14.0. The van der Waals surface area contributed by atoms with Crippen LogP contribution in [-0.4, -0.2) is 44.2 Å². The van der Waals surface area contributed by atoms with Gasteiger partial charge in [-0.2, -0.15) is 5.26 Å². The molecule has 0 saturated carbocycles. The Morgan fingerprint density at radius 2 is 1.77 bits per heavy atom. The van der Waals surface area contributed by atoms with Gasteiger partial charge in [-0.3, -0.25) is 9.89 Å². The molecular formula is C22H27FIN5O. The molecule has 0 aliphatic carbocycles. The smallest absolute Gasteiger partial charge is 0.191 e. The Balaban J connectivity index is 0.00000320. The van der Waals surface area contributed by atoms with Crippen molar-refractivity contribution in [2.45, 2.75) is 19.6 Å². The van der Waals surface area contributed by atoms with Gasteiger partial charge >= 0.3 is 0 Å². The molecule has 1 heterocycles. The first-order chi connectivity index (χ1) is 14.2. The van der Waals surface area contributed by atoms with Crippen LogP contribution in [0.4, 0.5) is 4.39 Å². The van der Waals surface area contributed by atoms with Crippen molar-refractivity contribution in [1.82, 2.24) is 15.5 Å². The molecule has 30 heavy (non-hydrogen) atoms. The highest BCUT2D eigenvalue weighted by atomic mass is 127. The summed E-state index contributed by atoms with van der Waals surface area (Å²) in [7, 11) is 1.68. The first-order valence-corrected chi connectivity index (χ1v) is 9.69. The number of benzene rings is 2. The summed E-state index contributed by atoms with van der Waals surface area (Å²) in [5, 5.41) is 15.4. The predicted octanol–water partition coefficient (Wildman–Crippen LogP) is 3.01. The van der Waals surface area contributed by atoms with Crippen molar-refractivity contribution in [3.8, 4) is 6.07 Å². The van der Waals surface area contributed by atoms with E-state index in [1.807, 2.05) is 12.1 Å². The number of nitriles is 1. The van der Waals surface area contributed by atoms with Gasteiger partial charge < -0.3 is 15.4 Å². The van der Waals surface area contributed by atoms with Gasteiger partial charge in [-0.25, -0.2) is 4.39 Å². The van der Waals surface area contributed by atoms with Crippen LogP contribution in [0.2, 0.25) is 0 Å². The number of nitrogens with one attached hydrogen (secondary N) is 2. The molecule has 0 bridgehead atoms. The van der Waals surface area contributed by atoms with E-state index in [1.54, 1.807) is 13.1 Å². The summed E-state index contributed by atoms with van der Waals surface area (Å²) in [5.74, 6) is 0.232. The third-order valence-electron chi connectivity index (χ3n) is 4.91. The van der Waals surface area contributed by atoms with Crippen molar-refractivity contribution in [3.05, 3.63) is 70.5 Å². The van der Waals surface area contributed by atoms with E-state index in [9.17, 15) is 4.39 Å². The van der Waals surface area contributed by atoms with E-state index in [0.717, 1.165) is 32.8 Å². The summed E-state index contributed by atoms with van der Waals surface area (Å²) in [5.41, 5.74) is 3.33. The molecule has 1 aliphatic heterocycles. The second-order valence-electron chi connectivity index (χ2n) is 6.85. The monoisotopic (exact) mass is 523 g/mol. The molecule has 2 aromatic rings. The second kappa shape index (κ2) is 12.5. The maximum Gasteiger partial charge on any atom is 0.191 e. The zero-order valence-corrected chi connectivity index (χ0v) is 19.4. The fourth-order valence-electron chi connectivity index (χ4n) is 3.24. The summed E-state index contributed by atoms with van der Waals surface area (Å²) in [6.45, 7) is 5.19. The number of guanidine groups is 1. The molecule has 0 aromatic heterocycles. The highest BCUT2D eigenvalue weighted by Crippen LogP contribution is 2.13. The number of ether oxygens (including phenoxy) is 1. The van der Waals surface area contributed by atoms with Crippen molar-refractivity contribution in [3.63, 3.8) is 0 Å². The third-order valence-corrected chi connectivity index (χ3v) is 4.91. The third kappa shape index (κ3) is 6.93. The van der Waals surface area contributed by atoms with Crippen molar-refractivity contribution in [2.75, 3.05) is 33.4 Å². The van der Waals surface area contributed by atoms with Crippen LogP contribution in [0.1, 0.15) is 22.3 Å². The van der Waals surface area contributed by atoms with Crippen LogP contribution in [0.3, 0.4) is 0 Å². The summed E-state index contributed by atoms with van der Waals surface area (Å²) in [4.78, 5) is 6.61. The molecule has 6 nitrogen and oxygen atoms in total. The minimum Gasteiger partial charge on any atom is -0.379 e. The number of nitrogens with zero attached hydrogens (tertiary/aromatic N) is 3. The lowest BCUT2D eigenvalue weighted by molar-refractivity contribution is 0.0341. The number of hydrogen-bond acceptors (Lipinski definition) is 4. The van der Waals surface area contributed by atoms with Crippen LogP contribution in [0, 0.1) is 17.1 Å². The number of hydrogen-bond donors (Lipinski definition) is 2. The molecule has 160 valence electrons. The zero-order chi connectivity index (χ0) is 20.5. The Bertz CT molecular complexity index is 893. The average Bonchev–Trinajstić information content (AvgIpc) is 2.76. The van der Waals surface area contributed by atoms with Crippen LogP contribution in [0.25, 0.3) is 0 Å². The summed E-state index contributed by atoms with van der Waals surface area (Å²) in [6, 6.07) is 14.7. The van der Waals surface area contributed by atoms with Gasteiger partial charge in [-0.05, 0) is 29.3 Å². The fourth-order valence-corrected chi connectivity index (χ4v) is 3.24. The van der Waals surface area contributed by atoms with Crippen LogP contribution in [0.15, 0.2) is 47.5 Å². The molecule has 0 amide bonds. The molecule has 1 aliphatic rings. The first kappa shape index (κ1) is 24.1.